The van der Waals surface area contributed by atoms with E-state index in [4.69, 9.17) is 10.6 Å². The van der Waals surface area contributed by atoms with Gasteiger partial charge in [-0.15, -0.1) is 0 Å². The molecule has 108 valence electrons. The van der Waals surface area contributed by atoms with E-state index in [-0.39, 0.29) is 12.5 Å². The number of hydrogen-bond donors (Lipinski definition) is 1. The van der Waals surface area contributed by atoms with E-state index in [9.17, 15) is 4.79 Å². The van der Waals surface area contributed by atoms with Crippen LogP contribution in [0.3, 0.4) is 0 Å². The number of azide groups is 1. The lowest BCUT2D eigenvalue weighted by molar-refractivity contribution is -0.137. The van der Waals surface area contributed by atoms with Crippen LogP contribution in [0.5, 0.6) is 0 Å². The minimum Gasteiger partial charge on any atom is -0.481 e. The minimum absolute atomic E-state index is 0.0526. The van der Waals surface area contributed by atoms with Crippen LogP contribution in [0.15, 0.2) is 35.4 Å². The van der Waals surface area contributed by atoms with Crippen LogP contribution in [0.4, 0.5) is 0 Å². The molecular formula is C14H21N3O2Si. The normalized spacial score (nSPS) is 12.5. The van der Waals surface area contributed by atoms with Crippen LogP contribution in [0.2, 0.25) is 19.1 Å². The van der Waals surface area contributed by atoms with Gasteiger partial charge in [-0.05, 0) is 18.4 Å². The second-order valence-electron chi connectivity index (χ2n) is 5.58. The Morgan fingerprint density at radius 3 is 2.55 bits per heavy atom. The van der Waals surface area contributed by atoms with Crippen LogP contribution in [0.1, 0.15) is 19.3 Å². The van der Waals surface area contributed by atoms with E-state index in [1.54, 1.807) is 0 Å². The molecule has 5 nitrogen and oxygen atoms in total. The first-order valence-corrected chi connectivity index (χ1v) is 9.98. The highest BCUT2D eigenvalue weighted by molar-refractivity contribution is 6.89. The van der Waals surface area contributed by atoms with Gasteiger partial charge < -0.3 is 5.11 Å². The topological polar surface area (TPSA) is 86.1 Å². The quantitative estimate of drug-likeness (QED) is 0.344. The molecule has 0 fully saturated rings. The molecule has 0 saturated carbocycles. The molecule has 0 bridgehead atoms. The van der Waals surface area contributed by atoms with Gasteiger partial charge in [-0.2, -0.15) is 0 Å². The van der Waals surface area contributed by atoms with Gasteiger partial charge in [0, 0.05) is 17.4 Å². The Balaban J connectivity index is 2.62. The Hall–Kier alpha value is -1.78. The second-order valence-corrected chi connectivity index (χ2v) is 10.4. The Morgan fingerprint density at radius 2 is 2.00 bits per heavy atom. The van der Waals surface area contributed by atoms with Gasteiger partial charge in [0.1, 0.15) is 0 Å². The molecule has 0 saturated heterocycles. The third kappa shape index (κ3) is 5.46. The Labute approximate surface area is 120 Å². The predicted octanol–water partition coefficient (Wildman–Crippen LogP) is 3.54. The number of hydrogen-bond acceptors (Lipinski definition) is 2. The SMILES string of the molecule is C[Si](C)(CCC(CCC(=O)O)N=[N+]=[N-])c1ccccc1. The summed E-state index contributed by atoms with van der Waals surface area (Å²) in [5, 5.41) is 13.8. The molecule has 1 unspecified atom stereocenters. The van der Waals surface area contributed by atoms with Crippen LogP contribution in [0.25, 0.3) is 10.4 Å². The highest BCUT2D eigenvalue weighted by Crippen LogP contribution is 2.18. The van der Waals surface area contributed by atoms with Crippen LogP contribution in [-0.2, 0) is 4.79 Å². The largest absolute Gasteiger partial charge is 0.481 e. The number of benzene rings is 1. The molecule has 1 rings (SSSR count). The molecule has 0 amide bonds. The molecule has 0 radical (unpaired) electrons. The summed E-state index contributed by atoms with van der Waals surface area (Å²) in [4.78, 5) is 13.4. The van der Waals surface area contributed by atoms with Crippen LogP contribution in [0, 0.1) is 0 Å². The molecule has 0 aliphatic rings. The van der Waals surface area contributed by atoms with Crippen molar-refractivity contribution in [2.24, 2.45) is 5.11 Å². The number of carboxylic acid groups (broad SMARTS) is 1. The summed E-state index contributed by atoms with van der Waals surface area (Å²) in [7, 11) is -1.56. The van der Waals surface area contributed by atoms with Gasteiger partial charge in [0.15, 0.2) is 0 Å². The van der Waals surface area contributed by atoms with E-state index in [0.29, 0.717) is 6.42 Å². The number of carboxylic acids is 1. The van der Waals surface area contributed by atoms with E-state index in [1.807, 2.05) is 18.2 Å². The number of rotatable bonds is 8. The van der Waals surface area contributed by atoms with Crippen molar-refractivity contribution in [2.45, 2.75) is 44.4 Å². The van der Waals surface area contributed by atoms with Crippen molar-refractivity contribution < 1.29 is 9.90 Å². The van der Waals surface area contributed by atoms with E-state index < -0.39 is 14.0 Å². The minimum atomic E-state index is -1.56. The predicted molar refractivity (Wildman–Crippen MR) is 82.8 cm³/mol. The van der Waals surface area contributed by atoms with Gasteiger partial charge in [-0.3, -0.25) is 4.79 Å². The van der Waals surface area contributed by atoms with Crippen LogP contribution < -0.4 is 5.19 Å². The van der Waals surface area contributed by atoms with Crippen molar-refractivity contribution >= 4 is 19.2 Å². The van der Waals surface area contributed by atoms with E-state index >= 15 is 0 Å². The van der Waals surface area contributed by atoms with Gasteiger partial charge in [0.25, 0.3) is 0 Å². The van der Waals surface area contributed by atoms with Crippen molar-refractivity contribution in [1.82, 2.24) is 0 Å². The Morgan fingerprint density at radius 1 is 1.35 bits per heavy atom. The van der Waals surface area contributed by atoms with E-state index in [2.05, 4.69) is 35.3 Å². The molecule has 0 spiro atoms. The fraction of sp³-hybridized carbons (Fsp3) is 0.500. The summed E-state index contributed by atoms with van der Waals surface area (Å²) in [6.45, 7) is 4.57. The van der Waals surface area contributed by atoms with Crippen molar-refractivity contribution in [3.05, 3.63) is 40.8 Å². The zero-order valence-corrected chi connectivity index (χ0v) is 13.0. The summed E-state index contributed by atoms with van der Waals surface area (Å²) in [6, 6.07) is 11.1. The molecular weight excluding hydrogens is 270 g/mol. The first-order valence-electron chi connectivity index (χ1n) is 6.77. The van der Waals surface area contributed by atoms with E-state index in [0.717, 1.165) is 12.5 Å². The average Bonchev–Trinajstić information content (AvgIpc) is 2.43. The smallest absolute Gasteiger partial charge is 0.303 e. The first kappa shape index (κ1) is 16.3. The maximum atomic E-state index is 10.6. The third-order valence-electron chi connectivity index (χ3n) is 3.56. The molecule has 1 aromatic rings. The van der Waals surface area contributed by atoms with Crippen molar-refractivity contribution in [1.29, 1.82) is 0 Å². The maximum Gasteiger partial charge on any atom is 0.303 e. The average molecular weight is 291 g/mol. The number of nitrogens with zero attached hydrogens (tertiary/aromatic N) is 3. The fourth-order valence-corrected chi connectivity index (χ4v) is 4.62. The summed E-state index contributed by atoms with van der Waals surface area (Å²) < 4.78 is 0. The highest BCUT2D eigenvalue weighted by atomic mass is 28.3. The molecule has 1 N–H and O–H groups in total. The van der Waals surface area contributed by atoms with E-state index in [1.165, 1.54) is 5.19 Å². The van der Waals surface area contributed by atoms with Crippen molar-refractivity contribution in [3.63, 3.8) is 0 Å². The molecule has 1 aromatic carbocycles. The van der Waals surface area contributed by atoms with Gasteiger partial charge in [-0.25, -0.2) is 0 Å². The standard InChI is InChI=1S/C14H21N3O2Si/c1-20(2,13-6-4-3-5-7-13)11-10-12(16-17-15)8-9-14(18)19/h3-7,12H,8-11H2,1-2H3,(H,18,19). The fourth-order valence-electron chi connectivity index (χ4n) is 2.18. The van der Waals surface area contributed by atoms with Crippen molar-refractivity contribution in [3.8, 4) is 0 Å². The Bertz CT molecular complexity index is 484. The number of aliphatic carboxylic acids is 1. The lowest BCUT2D eigenvalue weighted by Crippen LogP contribution is -2.41. The summed E-state index contributed by atoms with van der Waals surface area (Å²) in [5.41, 5.74) is 8.57. The first-order chi connectivity index (χ1) is 9.45. The second kappa shape index (κ2) is 7.72. The lowest BCUT2D eigenvalue weighted by Gasteiger charge is -2.24. The summed E-state index contributed by atoms with van der Waals surface area (Å²) in [6.07, 6.45) is 1.22. The highest BCUT2D eigenvalue weighted by Gasteiger charge is 2.24. The lowest BCUT2D eigenvalue weighted by atomic mass is 10.1. The third-order valence-corrected chi connectivity index (χ3v) is 7.00. The van der Waals surface area contributed by atoms with Crippen LogP contribution in [-0.4, -0.2) is 25.2 Å². The van der Waals surface area contributed by atoms with Crippen LogP contribution >= 0.6 is 0 Å². The molecule has 1 atom stereocenters. The number of carbonyl (C=O) groups is 1. The van der Waals surface area contributed by atoms with Gasteiger partial charge in [-0.1, -0.05) is 59.8 Å². The molecule has 0 heterocycles. The molecule has 20 heavy (non-hydrogen) atoms. The molecule has 0 aliphatic heterocycles. The van der Waals surface area contributed by atoms with Gasteiger partial charge in [0.2, 0.25) is 0 Å². The van der Waals surface area contributed by atoms with Crippen molar-refractivity contribution in [2.75, 3.05) is 0 Å². The van der Waals surface area contributed by atoms with Gasteiger partial charge in [0.05, 0.1) is 8.07 Å². The molecule has 6 heteroatoms. The monoisotopic (exact) mass is 291 g/mol. The van der Waals surface area contributed by atoms with Gasteiger partial charge >= 0.3 is 5.97 Å². The zero-order chi connectivity index (χ0) is 15.0. The maximum absolute atomic E-state index is 10.6. The molecule has 0 aromatic heterocycles. The zero-order valence-electron chi connectivity index (χ0n) is 12.0. The summed E-state index contributed by atoms with van der Waals surface area (Å²) in [5.74, 6) is -0.845. The molecule has 0 aliphatic carbocycles. The summed E-state index contributed by atoms with van der Waals surface area (Å²) >= 11 is 0. The Kier molecular flexibility index (Phi) is 6.28.